The molecule has 1 saturated heterocycles. The Labute approximate surface area is 117 Å². The summed E-state index contributed by atoms with van der Waals surface area (Å²) in [6.07, 6.45) is 3.81. The second-order valence-electron chi connectivity index (χ2n) is 5.55. The highest BCUT2D eigenvalue weighted by molar-refractivity contribution is 9.10. The van der Waals surface area contributed by atoms with Crippen molar-refractivity contribution in [3.8, 4) is 0 Å². The van der Waals surface area contributed by atoms with Crippen molar-refractivity contribution in [3.63, 3.8) is 0 Å². The van der Waals surface area contributed by atoms with Crippen LogP contribution >= 0.6 is 15.9 Å². The van der Waals surface area contributed by atoms with Gasteiger partial charge in [-0.3, -0.25) is 0 Å². The normalized spacial score (nSPS) is 31.3. The van der Waals surface area contributed by atoms with Crippen molar-refractivity contribution in [1.29, 1.82) is 0 Å². The molecule has 1 aromatic rings. The van der Waals surface area contributed by atoms with Crippen LogP contribution in [-0.2, 0) is 4.74 Å². The maximum Gasteiger partial charge on any atom is 0.0507 e. The quantitative estimate of drug-likeness (QED) is 0.921. The highest BCUT2D eigenvalue weighted by Gasteiger charge is 2.30. The van der Waals surface area contributed by atoms with Crippen molar-refractivity contribution < 1.29 is 4.74 Å². The third kappa shape index (κ3) is 2.95. The van der Waals surface area contributed by atoms with E-state index in [2.05, 4.69) is 45.5 Å². The molecule has 1 atom stereocenters. The standard InChI is InChI=1S/C15H20BrNO/c16-14-3-1-12(2-4-14)13-7-15(8-13)17-9-11-5-6-18-10-11/h1-4,11,13,15,17H,5-10H2. The molecule has 1 heterocycles. The summed E-state index contributed by atoms with van der Waals surface area (Å²) >= 11 is 3.48. The van der Waals surface area contributed by atoms with Crippen molar-refractivity contribution in [2.24, 2.45) is 5.92 Å². The highest BCUT2D eigenvalue weighted by Crippen LogP contribution is 2.37. The predicted molar refractivity (Wildman–Crippen MR) is 76.8 cm³/mol. The molecule has 18 heavy (non-hydrogen) atoms. The minimum Gasteiger partial charge on any atom is -0.381 e. The Morgan fingerprint density at radius 2 is 2.00 bits per heavy atom. The van der Waals surface area contributed by atoms with E-state index in [-0.39, 0.29) is 0 Å². The Balaban J connectivity index is 1.41. The van der Waals surface area contributed by atoms with Gasteiger partial charge in [0.1, 0.15) is 0 Å². The molecule has 1 N–H and O–H groups in total. The van der Waals surface area contributed by atoms with E-state index >= 15 is 0 Å². The van der Waals surface area contributed by atoms with Crippen molar-refractivity contribution in [3.05, 3.63) is 34.3 Å². The first-order chi connectivity index (χ1) is 8.81. The Morgan fingerprint density at radius 3 is 2.67 bits per heavy atom. The van der Waals surface area contributed by atoms with Gasteiger partial charge in [-0.25, -0.2) is 0 Å². The summed E-state index contributed by atoms with van der Waals surface area (Å²) in [5.41, 5.74) is 1.49. The molecule has 3 rings (SSSR count). The summed E-state index contributed by atoms with van der Waals surface area (Å²) in [7, 11) is 0. The van der Waals surface area contributed by atoms with Crippen LogP contribution in [0, 0.1) is 5.92 Å². The second-order valence-corrected chi connectivity index (χ2v) is 6.47. The first kappa shape index (κ1) is 12.6. The lowest BCUT2D eigenvalue weighted by molar-refractivity contribution is 0.182. The molecule has 2 fully saturated rings. The lowest BCUT2D eigenvalue weighted by Crippen LogP contribution is -2.42. The van der Waals surface area contributed by atoms with Gasteiger partial charge in [0, 0.05) is 23.7 Å². The third-order valence-corrected chi connectivity index (χ3v) is 4.73. The van der Waals surface area contributed by atoms with E-state index in [0.717, 1.165) is 37.6 Å². The average molecular weight is 310 g/mol. The lowest BCUT2D eigenvalue weighted by atomic mass is 9.76. The molecule has 1 aliphatic carbocycles. The maximum absolute atomic E-state index is 5.40. The molecular formula is C15H20BrNO. The SMILES string of the molecule is Brc1ccc(C2CC(NCC3CCOC3)C2)cc1. The first-order valence-corrected chi connectivity index (χ1v) is 7.67. The third-order valence-electron chi connectivity index (χ3n) is 4.20. The number of benzene rings is 1. The second kappa shape index (κ2) is 5.72. The fourth-order valence-electron chi connectivity index (χ4n) is 2.87. The fourth-order valence-corrected chi connectivity index (χ4v) is 3.13. The van der Waals surface area contributed by atoms with Crippen LogP contribution in [0.2, 0.25) is 0 Å². The van der Waals surface area contributed by atoms with Gasteiger partial charge in [-0.1, -0.05) is 28.1 Å². The molecule has 0 aromatic heterocycles. The summed E-state index contributed by atoms with van der Waals surface area (Å²) < 4.78 is 6.57. The van der Waals surface area contributed by atoms with Crippen LogP contribution in [0.3, 0.4) is 0 Å². The molecule has 1 aliphatic heterocycles. The molecule has 0 spiro atoms. The molecule has 1 unspecified atom stereocenters. The number of ether oxygens (including phenoxy) is 1. The van der Waals surface area contributed by atoms with Crippen LogP contribution < -0.4 is 5.32 Å². The van der Waals surface area contributed by atoms with Gasteiger partial charge in [0.2, 0.25) is 0 Å². The molecule has 2 nitrogen and oxygen atoms in total. The van der Waals surface area contributed by atoms with Crippen LogP contribution in [0.15, 0.2) is 28.7 Å². The van der Waals surface area contributed by atoms with Gasteiger partial charge in [-0.15, -0.1) is 0 Å². The van der Waals surface area contributed by atoms with Crippen LogP contribution in [0.4, 0.5) is 0 Å². The molecule has 2 aliphatic rings. The Kier molecular flexibility index (Phi) is 4.02. The number of nitrogens with one attached hydrogen (secondary N) is 1. The molecule has 3 heteroatoms. The molecular weight excluding hydrogens is 290 g/mol. The molecule has 0 radical (unpaired) electrons. The molecule has 1 aromatic carbocycles. The van der Waals surface area contributed by atoms with Gasteiger partial charge in [-0.05, 0) is 48.8 Å². The van der Waals surface area contributed by atoms with Crippen molar-refractivity contribution >= 4 is 15.9 Å². The average Bonchev–Trinajstić information content (AvgIpc) is 2.82. The van der Waals surface area contributed by atoms with E-state index in [4.69, 9.17) is 4.74 Å². The maximum atomic E-state index is 5.40. The first-order valence-electron chi connectivity index (χ1n) is 6.88. The molecule has 98 valence electrons. The van der Waals surface area contributed by atoms with Crippen LogP contribution in [0.5, 0.6) is 0 Å². The predicted octanol–water partition coefficient (Wildman–Crippen LogP) is 3.32. The van der Waals surface area contributed by atoms with E-state index in [1.54, 1.807) is 0 Å². The van der Waals surface area contributed by atoms with E-state index in [1.165, 1.54) is 29.3 Å². The summed E-state index contributed by atoms with van der Waals surface area (Å²) in [6.45, 7) is 3.05. The van der Waals surface area contributed by atoms with Crippen molar-refractivity contribution in [1.82, 2.24) is 5.32 Å². The number of hydrogen-bond donors (Lipinski definition) is 1. The van der Waals surface area contributed by atoms with Gasteiger partial charge < -0.3 is 10.1 Å². The largest absolute Gasteiger partial charge is 0.381 e. The summed E-state index contributed by atoms with van der Waals surface area (Å²) in [4.78, 5) is 0. The number of hydrogen-bond acceptors (Lipinski definition) is 2. The summed E-state index contributed by atoms with van der Waals surface area (Å²) in [5.74, 6) is 1.51. The van der Waals surface area contributed by atoms with Gasteiger partial charge in [-0.2, -0.15) is 0 Å². The summed E-state index contributed by atoms with van der Waals surface area (Å²) in [6, 6.07) is 9.50. The zero-order valence-corrected chi connectivity index (χ0v) is 12.2. The molecule has 1 saturated carbocycles. The summed E-state index contributed by atoms with van der Waals surface area (Å²) in [5, 5.41) is 3.68. The van der Waals surface area contributed by atoms with Crippen LogP contribution in [0.25, 0.3) is 0 Å². The van der Waals surface area contributed by atoms with Crippen LogP contribution in [0.1, 0.15) is 30.7 Å². The van der Waals surface area contributed by atoms with Gasteiger partial charge >= 0.3 is 0 Å². The van der Waals surface area contributed by atoms with E-state index < -0.39 is 0 Å². The number of halogens is 1. The minimum absolute atomic E-state index is 0.722. The van der Waals surface area contributed by atoms with E-state index in [1.807, 2.05) is 0 Å². The molecule has 0 amide bonds. The highest BCUT2D eigenvalue weighted by atomic mass is 79.9. The Hall–Kier alpha value is -0.380. The van der Waals surface area contributed by atoms with Gasteiger partial charge in [0.25, 0.3) is 0 Å². The Morgan fingerprint density at radius 1 is 1.22 bits per heavy atom. The number of rotatable bonds is 4. The fraction of sp³-hybridized carbons (Fsp3) is 0.600. The zero-order valence-electron chi connectivity index (χ0n) is 10.6. The minimum atomic E-state index is 0.722. The Bertz CT molecular complexity index is 380. The molecule has 0 bridgehead atoms. The van der Waals surface area contributed by atoms with Gasteiger partial charge in [0.15, 0.2) is 0 Å². The lowest BCUT2D eigenvalue weighted by Gasteiger charge is -2.37. The van der Waals surface area contributed by atoms with E-state index in [0.29, 0.717) is 0 Å². The van der Waals surface area contributed by atoms with E-state index in [9.17, 15) is 0 Å². The topological polar surface area (TPSA) is 21.3 Å². The van der Waals surface area contributed by atoms with Crippen molar-refractivity contribution in [2.45, 2.75) is 31.2 Å². The van der Waals surface area contributed by atoms with Gasteiger partial charge in [0.05, 0.1) is 6.61 Å². The van der Waals surface area contributed by atoms with Crippen LogP contribution in [-0.4, -0.2) is 25.8 Å². The van der Waals surface area contributed by atoms with Crippen molar-refractivity contribution in [2.75, 3.05) is 19.8 Å². The smallest absolute Gasteiger partial charge is 0.0507 e. The zero-order chi connectivity index (χ0) is 12.4. The monoisotopic (exact) mass is 309 g/mol.